The number of aromatic nitrogens is 1. The maximum Gasteiger partial charge on any atom is 0.0700 e. The summed E-state index contributed by atoms with van der Waals surface area (Å²) < 4.78 is 0. The van der Waals surface area contributed by atoms with Crippen LogP contribution >= 0.6 is 23.2 Å². The molecule has 100 valence electrons. The van der Waals surface area contributed by atoms with E-state index in [-0.39, 0.29) is 0 Å². The van der Waals surface area contributed by atoms with E-state index in [1.165, 1.54) is 0 Å². The molecule has 0 bridgehead atoms. The minimum atomic E-state index is -0.862. The molecular weight excluding hydrogens is 281 g/mol. The predicted octanol–water partition coefficient (Wildman–Crippen LogP) is 3.92. The summed E-state index contributed by atoms with van der Waals surface area (Å²) in [6.45, 7) is 1.80. The van der Waals surface area contributed by atoms with Crippen molar-refractivity contribution in [3.05, 3.63) is 63.9 Å². The maximum atomic E-state index is 10.5. The number of rotatable bonds is 4. The Morgan fingerprint density at radius 1 is 1.11 bits per heavy atom. The highest BCUT2D eigenvalue weighted by Gasteiger charge is 2.22. The van der Waals surface area contributed by atoms with Crippen LogP contribution in [0.4, 0.5) is 0 Å². The van der Waals surface area contributed by atoms with Crippen LogP contribution in [0.2, 0.25) is 10.0 Å². The van der Waals surface area contributed by atoms with Crippen LogP contribution in [-0.2, 0) is 12.8 Å². The van der Waals surface area contributed by atoms with Crippen molar-refractivity contribution < 1.29 is 5.11 Å². The molecule has 2 nitrogen and oxygen atoms in total. The van der Waals surface area contributed by atoms with E-state index in [0.29, 0.717) is 22.9 Å². The van der Waals surface area contributed by atoms with Crippen LogP contribution < -0.4 is 0 Å². The highest BCUT2D eigenvalue weighted by molar-refractivity contribution is 6.31. The second kappa shape index (κ2) is 5.91. The molecule has 0 aliphatic heterocycles. The average Bonchev–Trinajstić information content (AvgIpc) is 2.35. The van der Waals surface area contributed by atoms with E-state index >= 15 is 0 Å². The van der Waals surface area contributed by atoms with Crippen LogP contribution in [-0.4, -0.2) is 15.7 Å². The first kappa shape index (κ1) is 14.3. The number of hydrogen-bond acceptors (Lipinski definition) is 2. The van der Waals surface area contributed by atoms with Crippen molar-refractivity contribution in [3.8, 4) is 0 Å². The molecule has 0 radical (unpaired) electrons. The van der Waals surface area contributed by atoms with E-state index in [4.69, 9.17) is 23.2 Å². The van der Waals surface area contributed by atoms with Crippen molar-refractivity contribution in [2.75, 3.05) is 0 Å². The molecule has 0 saturated carbocycles. The minimum Gasteiger partial charge on any atom is -0.389 e. The van der Waals surface area contributed by atoms with E-state index in [2.05, 4.69) is 4.98 Å². The van der Waals surface area contributed by atoms with Crippen molar-refractivity contribution in [1.82, 2.24) is 4.98 Å². The lowest BCUT2D eigenvalue weighted by atomic mass is 9.90. The molecular formula is C15H15Cl2NO. The van der Waals surface area contributed by atoms with Gasteiger partial charge in [-0.1, -0.05) is 35.3 Å². The van der Waals surface area contributed by atoms with Gasteiger partial charge in [-0.05, 0) is 36.2 Å². The van der Waals surface area contributed by atoms with E-state index < -0.39 is 5.60 Å². The standard InChI is InChI=1S/C15H15Cl2NO/c1-15(19,8-11-2-4-13(16)5-3-11)9-12-6-7-18-10-14(12)17/h2-7,10,19H,8-9H2,1H3. The van der Waals surface area contributed by atoms with Gasteiger partial charge in [-0.15, -0.1) is 0 Å². The first-order valence-corrected chi connectivity index (χ1v) is 6.77. The summed E-state index contributed by atoms with van der Waals surface area (Å²) in [5.41, 5.74) is 1.08. The Labute approximate surface area is 123 Å². The summed E-state index contributed by atoms with van der Waals surface area (Å²) in [6, 6.07) is 9.33. The summed E-state index contributed by atoms with van der Waals surface area (Å²) >= 11 is 11.9. The van der Waals surface area contributed by atoms with Crippen molar-refractivity contribution in [2.24, 2.45) is 0 Å². The zero-order valence-corrected chi connectivity index (χ0v) is 12.1. The Morgan fingerprint density at radius 3 is 2.42 bits per heavy atom. The molecule has 0 fully saturated rings. The van der Waals surface area contributed by atoms with Gasteiger partial charge in [0.2, 0.25) is 0 Å². The minimum absolute atomic E-state index is 0.483. The Bertz CT molecular complexity index is 552. The largest absolute Gasteiger partial charge is 0.389 e. The third-order valence-corrected chi connectivity index (χ3v) is 3.52. The fourth-order valence-corrected chi connectivity index (χ4v) is 2.37. The van der Waals surface area contributed by atoms with Gasteiger partial charge in [0.25, 0.3) is 0 Å². The topological polar surface area (TPSA) is 33.1 Å². The van der Waals surface area contributed by atoms with Gasteiger partial charge in [-0.2, -0.15) is 0 Å². The molecule has 0 spiro atoms. The molecule has 19 heavy (non-hydrogen) atoms. The quantitative estimate of drug-likeness (QED) is 0.927. The summed E-state index contributed by atoms with van der Waals surface area (Å²) in [7, 11) is 0. The number of pyridine rings is 1. The first-order chi connectivity index (χ1) is 8.96. The molecule has 0 aliphatic rings. The van der Waals surface area contributed by atoms with Crippen LogP contribution in [0.1, 0.15) is 18.1 Å². The van der Waals surface area contributed by atoms with E-state index in [1.807, 2.05) is 30.3 Å². The number of hydrogen-bond donors (Lipinski definition) is 1. The van der Waals surface area contributed by atoms with E-state index in [9.17, 15) is 5.11 Å². The zero-order chi connectivity index (χ0) is 13.9. The summed E-state index contributed by atoms with van der Waals surface area (Å²) in [5, 5.41) is 11.8. The van der Waals surface area contributed by atoms with Crippen LogP contribution in [0, 0.1) is 0 Å². The third kappa shape index (κ3) is 4.20. The second-order valence-corrected chi connectivity index (χ2v) is 5.79. The maximum absolute atomic E-state index is 10.5. The van der Waals surface area contributed by atoms with E-state index in [0.717, 1.165) is 11.1 Å². The van der Waals surface area contributed by atoms with Gasteiger partial charge in [-0.3, -0.25) is 4.98 Å². The molecule has 1 N–H and O–H groups in total. The van der Waals surface area contributed by atoms with Crippen molar-refractivity contribution in [2.45, 2.75) is 25.4 Å². The van der Waals surface area contributed by atoms with Crippen LogP contribution in [0.15, 0.2) is 42.7 Å². The molecule has 2 aromatic rings. The summed E-state index contributed by atoms with van der Waals surface area (Å²) in [6.07, 6.45) is 4.30. The van der Waals surface area contributed by atoms with E-state index in [1.54, 1.807) is 19.3 Å². The number of benzene rings is 1. The van der Waals surface area contributed by atoms with Gasteiger partial charge in [-0.25, -0.2) is 0 Å². The first-order valence-electron chi connectivity index (χ1n) is 6.01. The Morgan fingerprint density at radius 2 is 1.79 bits per heavy atom. The number of aliphatic hydroxyl groups is 1. The molecule has 2 rings (SSSR count). The molecule has 4 heteroatoms. The van der Waals surface area contributed by atoms with Gasteiger partial charge in [0.1, 0.15) is 0 Å². The van der Waals surface area contributed by atoms with Crippen LogP contribution in [0.3, 0.4) is 0 Å². The van der Waals surface area contributed by atoms with Gasteiger partial charge in [0, 0.05) is 30.3 Å². The normalized spacial score (nSPS) is 14.1. The van der Waals surface area contributed by atoms with Crippen molar-refractivity contribution in [1.29, 1.82) is 0 Å². The van der Waals surface area contributed by atoms with Crippen molar-refractivity contribution >= 4 is 23.2 Å². The molecule has 1 atom stereocenters. The molecule has 0 amide bonds. The van der Waals surface area contributed by atoms with Gasteiger partial charge >= 0.3 is 0 Å². The van der Waals surface area contributed by atoms with Gasteiger partial charge in [0.15, 0.2) is 0 Å². The van der Waals surface area contributed by atoms with Crippen LogP contribution in [0.25, 0.3) is 0 Å². The lowest BCUT2D eigenvalue weighted by Crippen LogP contribution is -2.30. The average molecular weight is 296 g/mol. The molecule has 0 aliphatic carbocycles. The molecule has 1 heterocycles. The monoisotopic (exact) mass is 295 g/mol. The third-order valence-electron chi connectivity index (χ3n) is 2.93. The Balaban J connectivity index is 2.10. The number of nitrogens with zero attached hydrogens (tertiary/aromatic N) is 1. The zero-order valence-electron chi connectivity index (χ0n) is 10.6. The highest BCUT2D eigenvalue weighted by Crippen LogP contribution is 2.23. The fourth-order valence-electron chi connectivity index (χ4n) is 2.06. The van der Waals surface area contributed by atoms with Crippen LogP contribution in [0.5, 0.6) is 0 Å². The van der Waals surface area contributed by atoms with Gasteiger partial charge in [0.05, 0.1) is 10.6 Å². The van der Waals surface area contributed by atoms with Crippen molar-refractivity contribution in [3.63, 3.8) is 0 Å². The highest BCUT2D eigenvalue weighted by atomic mass is 35.5. The number of halogens is 2. The molecule has 1 aromatic carbocycles. The SMILES string of the molecule is CC(O)(Cc1ccc(Cl)cc1)Cc1ccncc1Cl. The molecule has 1 unspecified atom stereocenters. The second-order valence-electron chi connectivity index (χ2n) is 4.94. The summed E-state index contributed by atoms with van der Waals surface area (Å²) in [4.78, 5) is 3.94. The molecule has 0 saturated heterocycles. The lowest BCUT2D eigenvalue weighted by Gasteiger charge is -2.24. The van der Waals surface area contributed by atoms with Gasteiger partial charge < -0.3 is 5.11 Å². The molecule has 1 aromatic heterocycles. The Kier molecular flexibility index (Phi) is 4.46. The smallest absolute Gasteiger partial charge is 0.0700 e. The lowest BCUT2D eigenvalue weighted by molar-refractivity contribution is 0.0608. The summed E-state index contributed by atoms with van der Waals surface area (Å²) in [5.74, 6) is 0. The Hall–Kier alpha value is -1.09. The predicted molar refractivity (Wildman–Crippen MR) is 78.7 cm³/mol. The fraction of sp³-hybridized carbons (Fsp3) is 0.267.